The molecule has 0 saturated heterocycles. The molecule has 0 spiro atoms. The van der Waals surface area contributed by atoms with E-state index in [0.717, 1.165) is 33.6 Å². The molecule has 3 aromatic heterocycles. The van der Waals surface area contributed by atoms with Crippen molar-refractivity contribution < 1.29 is 4.79 Å². The third-order valence-corrected chi connectivity index (χ3v) is 4.52. The molecule has 1 aromatic carbocycles. The molecule has 29 heavy (non-hydrogen) atoms. The van der Waals surface area contributed by atoms with Crippen LogP contribution in [0, 0.1) is 13.8 Å². The van der Waals surface area contributed by atoms with Crippen molar-refractivity contribution in [1.82, 2.24) is 30.3 Å². The first kappa shape index (κ1) is 18.5. The van der Waals surface area contributed by atoms with Gasteiger partial charge in [-0.2, -0.15) is 4.68 Å². The van der Waals surface area contributed by atoms with Gasteiger partial charge in [0.1, 0.15) is 5.69 Å². The second-order valence-corrected chi connectivity index (χ2v) is 6.77. The van der Waals surface area contributed by atoms with Gasteiger partial charge in [0.15, 0.2) is 0 Å². The van der Waals surface area contributed by atoms with Crippen molar-refractivity contribution >= 4 is 6.03 Å². The lowest BCUT2D eigenvalue weighted by Gasteiger charge is -2.09. The molecule has 0 aliphatic carbocycles. The number of aryl methyl sites for hydroxylation is 2. The number of aromatic nitrogens is 5. The molecule has 7 nitrogen and oxygen atoms in total. The van der Waals surface area contributed by atoms with Crippen LogP contribution in [-0.2, 0) is 6.54 Å². The molecule has 0 bridgehead atoms. The van der Waals surface area contributed by atoms with E-state index in [1.54, 1.807) is 18.6 Å². The van der Waals surface area contributed by atoms with Crippen molar-refractivity contribution in [2.45, 2.75) is 20.4 Å². The Morgan fingerprint density at radius 2 is 1.86 bits per heavy atom. The average molecular weight is 384 g/mol. The van der Waals surface area contributed by atoms with E-state index in [-0.39, 0.29) is 6.03 Å². The normalized spacial score (nSPS) is 10.7. The lowest BCUT2D eigenvalue weighted by molar-refractivity contribution is 0.238. The molecule has 0 radical (unpaired) electrons. The summed E-state index contributed by atoms with van der Waals surface area (Å²) >= 11 is 0. The summed E-state index contributed by atoms with van der Waals surface area (Å²) in [4.78, 5) is 21.2. The quantitative estimate of drug-likeness (QED) is 0.579. The molecule has 1 amide bonds. The zero-order valence-corrected chi connectivity index (χ0v) is 16.2. The lowest BCUT2D eigenvalue weighted by atomic mass is 10.1. The van der Waals surface area contributed by atoms with E-state index in [4.69, 9.17) is 0 Å². The number of benzene rings is 1. The van der Waals surface area contributed by atoms with Crippen LogP contribution in [0.1, 0.15) is 16.8 Å². The molecule has 144 valence electrons. The SMILES string of the molecule is Cc1cc(-c2ncc(CNC(=O)n3cc(-c4ccccc4)nn3)cc2C)ccn1. The van der Waals surface area contributed by atoms with Crippen molar-refractivity contribution in [3.63, 3.8) is 0 Å². The number of hydrogen-bond acceptors (Lipinski definition) is 5. The van der Waals surface area contributed by atoms with Crippen LogP contribution in [0.25, 0.3) is 22.5 Å². The summed E-state index contributed by atoms with van der Waals surface area (Å²) in [6.45, 7) is 4.31. The first-order valence-corrected chi connectivity index (χ1v) is 9.24. The molecule has 0 unspecified atom stereocenters. The van der Waals surface area contributed by atoms with Gasteiger partial charge in [-0.1, -0.05) is 41.6 Å². The molecule has 0 aliphatic heterocycles. The molecule has 0 saturated carbocycles. The summed E-state index contributed by atoms with van der Waals surface area (Å²) in [7, 11) is 0. The molecular weight excluding hydrogens is 364 g/mol. The van der Waals surface area contributed by atoms with Crippen LogP contribution in [0.5, 0.6) is 0 Å². The number of rotatable bonds is 4. The Morgan fingerprint density at radius 3 is 2.62 bits per heavy atom. The minimum Gasteiger partial charge on any atom is -0.332 e. The van der Waals surface area contributed by atoms with Gasteiger partial charge in [0.25, 0.3) is 0 Å². The molecule has 0 atom stereocenters. The Morgan fingerprint density at radius 1 is 1.03 bits per heavy atom. The summed E-state index contributed by atoms with van der Waals surface area (Å²) in [6, 6.07) is 15.2. The molecule has 0 fully saturated rings. The first-order valence-electron chi connectivity index (χ1n) is 9.24. The number of nitrogens with zero attached hydrogens (tertiary/aromatic N) is 5. The fourth-order valence-electron chi connectivity index (χ4n) is 3.09. The summed E-state index contributed by atoms with van der Waals surface area (Å²) < 4.78 is 1.21. The highest BCUT2D eigenvalue weighted by atomic mass is 16.2. The summed E-state index contributed by atoms with van der Waals surface area (Å²) in [5.74, 6) is 0. The highest BCUT2D eigenvalue weighted by molar-refractivity contribution is 5.76. The molecule has 4 aromatic rings. The molecule has 7 heteroatoms. The van der Waals surface area contributed by atoms with Gasteiger partial charge in [-0.25, -0.2) is 4.79 Å². The summed E-state index contributed by atoms with van der Waals surface area (Å²) in [5, 5.41) is 10.8. The van der Waals surface area contributed by atoms with Crippen LogP contribution < -0.4 is 5.32 Å². The zero-order valence-electron chi connectivity index (χ0n) is 16.2. The molecule has 1 N–H and O–H groups in total. The van der Waals surface area contributed by atoms with Crippen molar-refractivity contribution in [2.75, 3.05) is 0 Å². The number of pyridine rings is 2. The van der Waals surface area contributed by atoms with Crippen molar-refractivity contribution in [1.29, 1.82) is 0 Å². The molecular formula is C22H20N6O. The monoisotopic (exact) mass is 384 g/mol. The summed E-state index contributed by atoms with van der Waals surface area (Å²) in [5.41, 5.74) is 6.39. The Hall–Kier alpha value is -3.87. The minimum absolute atomic E-state index is 0.342. The van der Waals surface area contributed by atoms with Crippen LogP contribution in [0.15, 0.2) is 67.1 Å². The second-order valence-electron chi connectivity index (χ2n) is 6.77. The number of nitrogens with one attached hydrogen (secondary N) is 1. The van der Waals surface area contributed by atoms with Gasteiger partial charge >= 0.3 is 6.03 Å². The zero-order chi connectivity index (χ0) is 20.2. The lowest BCUT2D eigenvalue weighted by Crippen LogP contribution is -2.28. The van der Waals surface area contributed by atoms with E-state index in [1.807, 2.05) is 62.4 Å². The highest BCUT2D eigenvalue weighted by Gasteiger charge is 2.11. The van der Waals surface area contributed by atoms with Crippen LogP contribution in [0.3, 0.4) is 0 Å². The topological polar surface area (TPSA) is 85.6 Å². The van der Waals surface area contributed by atoms with E-state index in [1.165, 1.54) is 4.68 Å². The van der Waals surface area contributed by atoms with E-state index in [0.29, 0.717) is 12.2 Å². The second kappa shape index (κ2) is 8.02. The Bertz CT molecular complexity index is 1150. The van der Waals surface area contributed by atoms with E-state index in [2.05, 4.69) is 25.6 Å². The maximum absolute atomic E-state index is 12.4. The van der Waals surface area contributed by atoms with Gasteiger partial charge < -0.3 is 5.32 Å². The molecule has 0 aliphatic rings. The Balaban J connectivity index is 1.43. The number of hydrogen-bond donors (Lipinski definition) is 1. The largest absolute Gasteiger partial charge is 0.343 e. The average Bonchev–Trinajstić information content (AvgIpc) is 3.23. The predicted octanol–water partition coefficient (Wildman–Crippen LogP) is 3.78. The van der Waals surface area contributed by atoms with Gasteiger partial charge in [-0.15, -0.1) is 5.10 Å². The van der Waals surface area contributed by atoms with Crippen LogP contribution in [0.2, 0.25) is 0 Å². The molecule has 3 heterocycles. The van der Waals surface area contributed by atoms with Gasteiger partial charge in [-0.05, 0) is 37.1 Å². The number of carbonyl (C=O) groups is 1. The maximum Gasteiger partial charge on any atom is 0.343 e. The maximum atomic E-state index is 12.4. The number of carbonyl (C=O) groups excluding carboxylic acids is 1. The van der Waals surface area contributed by atoms with E-state index >= 15 is 0 Å². The van der Waals surface area contributed by atoms with Gasteiger partial charge in [0.2, 0.25) is 0 Å². The van der Waals surface area contributed by atoms with Crippen molar-refractivity contribution in [3.05, 3.63) is 83.9 Å². The Kier molecular flexibility index (Phi) is 5.11. The van der Waals surface area contributed by atoms with Crippen LogP contribution in [-0.4, -0.2) is 31.0 Å². The fourth-order valence-corrected chi connectivity index (χ4v) is 3.09. The Labute approximate surface area is 168 Å². The first-order chi connectivity index (χ1) is 14.1. The van der Waals surface area contributed by atoms with Crippen molar-refractivity contribution in [3.8, 4) is 22.5 Å². The number of amides is 1. The van der Waals surface area contributed by atoms with Gasteiger partial charge in [0, 0.05) is 35.8 Å². The van der Waals surface area contributed by atoms with Crippen molar-refractivity contribution in [2.24, 2.45) is 0 Å². The standard InChI is InChI=1S/C22H20N6O/c1-15-10-17(12-24-21(15)19-8-9-23-16(2)11-19)13-25-22(29)28-14-20(26-27-28)18-6-4-3-5-7-18/h3-12,14H,13H2,1-2H3,(H,25,29). The van der Waals surface area contributed by atoms with E-state index in [9.17, 15) is 4.79 Å². The van der Waals surface area contributed by atoms with Crippen LogP contribution in [0.4, 0.5) is 4.79 Å². The van der Waals surface area contributed by atoms with Gasteiger partial charge in [0.05, 0.1) is 11.9 Å². The van der Waals surface area contributed by atoms with Crippen LogP contribution >= 0.6 is 0 Å². The smallest absolute Gasteiger partial charge is 0.332 e. The predicted molar refractivity (Wildman–Crippen MR) is 110 cm³/mol. The minimum atomic E-state index is -0.342. The third-order valence-electron chi connectivity index (χ3n) is 4.52. The fraction of sp³-hybridized carbons (Fsp3) is 0.136. The van der Waals surface area contributed by atoms with Gasteiger partial charge in [-0.3, -0.25) is 9.97 Å². The highest BCUT2D eigenvalue weighted by Crippen LogP contribution is 2.21. The summed E-state index contributed by atoms with van der Waals surface area (Å²) in [6.07, 6.45) is 5.17. The van der Waals surface area contributed by atoms with E-state index < -0.39 is 0 Å². The molecule has 4 rings (SSSR count). The third kappa shape index (κ3) is 4.19.